The summed E-state index contributed by atoms with van der Waals surface area (Å²) in [5.74, 6) is -1.46. The van der Waals surface area contributed by atoms with Gasteiger partial charge in [-0.1, -0.05) is 18.7 Å². The van der Waals surface area contributed by atoms with Crippen LogP contribution in [-0.4, -0.2) is 48.4 Å². The molecule has 3 heterocycles. The maximum Gasteiger partial charge on any atom is 0.419 e. The molecule has 170 valence electrons. The highest BCUT2D eigenvalue weighted by molar-refractivity contribution is 6.69. The number of amides is 1. The van der Waals surface area contributed by atoms with Gasteiger partial charge in [0.15, 0.2) is 13.9 Å². The Morgan fingerprint density at radius 2 is 2.06 bits per heavy atom. The molecule has 1 amide bonds. The van der Waals surface area contributed by atoms with Crippen molar-refractivity contribution in [3.8, 4) is 0 Å². The molecule has 0 spiro atoms. The van der Waals surface area contributed by atoms with Gasteiger partial charge < -0.3 is 18.5 Å². The van der Waals surface area contributed by atoms with Gasteiger partial charge in [-0.05, 0) is 56.3 Å². The van der Waals surface area contributed by atoms with Gasteiger partial charge in [0.1, 0.15) is 12.3 Å². The second kappa shape index (κ2) is 7.90. The molecule has 0 aliphatic carbocycles. The normalized spacial score (nSPS) is 21.5. The molecule has 4 rings (SSSR count). The van der Waals surface area contributed by atoms with Crippen molar-refractivity contribution in [1.29, 1.82) is 0 Å². The monoisotopic (exact) mass is 456 g/mol. The first-order valence-electron chi connectivity index (χ1n) is 10.7. The molecule has 1 saturated heterocycles. The molecule has 2 aromatic rings. The van der Waals surface area contributed by atoms with E-state index in [4.69, 9.17) is 13.6 Å². The number of benzene rings is 1. The Morgan fingerprint density at radius 3 is 2.72 bits per heavy atom. The topological polar surface area (TPSA) is 91.0 Å². The first-order chi connectivity index (χ1) is 15.0. The summed E-state index contributed by atoms with van der Waals surface area (Å²) >= 11 is 0. The van der Waals surface area contributed by atoms with Crippen LogP contribution in [0.15, 0.2) is 45.8 Å². The van der Waals surface area contributed by atoms with Crippen molar-refractivity contribution in [2.24, 2.45) is 13.0 Å². The zero-order valence-electron chi connectivity index (χ0n) is 19.0. The number of hydrogen-bond acceptors (Lipinski definition) is 6. The van der Waals surface area contributed by atoms with E-state index in [1.807, 2.05) is 13.0 Å². The van der Waals surface area contributed by atoms with Crippen LogP contribution in [0.1, 0.15) is 18.9 Å². The van der Waals surface area contributed by atoms with E-state index in [0.717, 1.165) is 11.1 Å². The number of β-lactam (4-membered cyclic amide) rings is 1. The van der Waals surface area contributed by atoms with Crippen molar-refractivity contribution in [3.63, 3.8) is 0 Å². The summed E-state index contributed by atoms with van der Waals surface area (Å²) in [5, 5.41) is 0. The van der Waals surface area contributed by atoms with E-state index in [1.165, 1.54) is 10.6 Å². The molecular weight excluding hydrogens is 428 g/mol. The van der Waals surface area contributed by atoms with Gasteiger partial charge in [-0.2, -0.15) is 0 Å². The first kappa shape index (κ1) is 22.3. The highest BCUT2D eigenvalue weighted by Crippen LogP contribution is 2.48. The van der Waals surface area contributed by atoms with Crippen molar-refractivity contribution < 1.29 is 23.2 Å². The van der Waals surface area contributed by atoms with Gasteiger partial charge >= 0.3 is 11.7 Å². The van der Waals surface area contributed by atoms with Crippen molar-refractivity contribution in [1.82, 2.24) is 9.47 Å². The predicted molar refractivity (Wildman–Crippen MR) is 122 cm³/mol. The highest BCUT2D eigenvalue weighted by atomic mass is 28.4. The molecule has 0 radical (unpaired) electrons. The lowest BCUT2D eigenvalue weighted by Crippen LogP contribution is -2.63. The molecule has 1 aromatic carbocycles. The number of hydrogen-bond donors (Lipinski definition) is 0. The summed E-state index contributed by atoms with van der Waals surface area (Å²) in [6, 6.07) is 5.15. The van der Waals surface area contributed by atoms with Crippen LogP contribution < -0.4 is 5.76 Å². The number of nitrogens with zero attached hydrogens (tertiary/aromatic N) is 2. The summed E-state index contributed by atoms with van der Waals surface area (Å²) in [7, 11) is -0.213. The maximum atomic E-state index is 13.1. The third-order valence-electron chi connectivity index (χ3n) is 5.92. The fourth-order valence-corrected chi connectivity index (χ4v) is 5.91. The number of rotatable bonds is 7. The molecule has 0 saturated carbocycles. The van der Waals surface area contributed by atoms with Gasteiger partial charge in [0.05, 0.1) is 23.6 Å². The van der Waals surface area contributed by atoms with Gasteiger partial charge in [0.2, 0.25) is 5.91 Å². The highest BCUT2D eigenvalue weighted by Gasteiger charge is 2.57. The lowest BCUT2D eigenvalue weighted by Gasteiger charge is -2.47. The van der Waals surface area contributed by atoms with Crippen molar-refractivity contribution in [2.45, 2.75) is 45.1 Å². The average Bonchev–Trinajstić information content (AvgIpc) is 3.19. The number of aromatic nitrogens is 1. The minimum absolute atomic E-state index is 0.0517. The zero-order chi connectivity index (χ0) is 23.4. The summed E-state index contributed by atoms with van der Waals surface area (Å²) in [6.07, 6.45) is 1.76. The van der Waals surface area contributed by atoms with E-state index in [0.29, 0.717) is 17.5 Å². The Kier molecular flexibility index (Phi) is 5.50. The van der Waals surface area contributed by atoms with Crippen molar-refractivity contribution in [3.05, 3.63) is 52.7 Å². The fourth-order valence-electron chi connectivity index (χ4n) is 4.65. The Morgan fingerprint density at radius 1 is 1.34 bits per heavy atom. The SMILES string of the molecule is C=CCOC(=O)C1=C(c2ccc3oc(=O)n(C)c3c2)C[C@@H]2[C@@H]([C@@H](C)O[Si](C)(C)C)C(=O)N12. The second-order valence-corrected chi connectivity index (χ2v) is 13.7. The molecule has 2 aliphatic heterocycles. The van der Waals surface area contributed by atoms with Crippen molar-refractivity contribution >= 4 is 36.9 Å². The molecule has 0 bridgehead atoms. The molecule has 3 atom stereocenters. The molecule has 2 aliphatic rings. The Balaban J connectivity index is 1.74. The Labute approximate surface area is 187 Å². The van der Waals surface area contributed by atoms with Gasteiger partial charge in [0.25, 0.3) is 0 Å². The number of aryl methyl sites for hydroxylation is 1. The molecule has 0 unspecified atom stereocenters. The third-order valence-corrected chi connectivity index (χ3v) is 7.00. The second-order valence-electron chi connectivity index (χ2n) is 9.26. The van der Waals surface area contributed by atoms with Crippen LogP contribution in [0.5, 0.6) is 0 Å². The third kappa shape index (κ3) is 3.65. The predicted octanol–water partition coefficient (Wildman–Crippen LogP) is 3.04. The molecular formula is C23H28N2O6Si. The van der Waals surface area contributed by atoms with Gasteiger partial charge in [-0.25, -0.2) is 9.59 Å². The fraction of sp³-hybridized carbons (Fsp3) is 0.435. The largest absolute Gasteiger partial charge is 0.457 e. The van der Waals surface area contributed by atoms with Gasteiger partial charge in [-0.15, -0.1) is 0 Å². The summed E-state index contributed by atoms with van der Waals surface area (Å²) in [6.45, 7) is 11.8. The minimum Gasteiger partial charge on any atom is -0.457 e. The summed E-state index contributed by atoms with van der Waals surface area (Å²) in [4.78, 5) is 39.5. The van der Waals surface area contributed by atoms with Crippen LogP contribution >= 0.6 is 0 Å². The molecule has 1 aromatic heterocycles. The lowest BCUT2D eigenvalue weighted by molar-refractivity contribution is -0.161. The van der Waals surface area contributed by atoms with Crippen molar-refractivity contribution in [2.75, 3.05) is 6.61 Å². The zero-order valence-corrected chi connectivity index (χ0v) is 20.0. The number of ether oxygens (including phenoxy) is 1. The van der Waals surface area contributed by atoms with Gasteiger partial charge in [0, 0.05) is 7.05 Å². The van der Waals surface area contributed by atoms with E-state index in [1.54, 1.807) is 24.1 Å². The molecule has 8 nitrogen and oxygen atoms in total. The van der Waals surface area contributed by atoms with Crippen LogP contribution in [0.3, 0.4) is 0 Å². The van der Waals surface area contributed by atoms with Crippen LogP contribution in [-0.2, 0) is 25.8 Å². The van der Waals surface area contributed by atoms with Gasteiger partial charge in [-0.3, -0.25) is 9.36 Å². The standard InChI is InChI=1S/C23H28N2O6Si/c1-7-10-29-22(27)20-15(14-8-9-18-16(11-14)24(3)23(28)30-18)12-17-19(21(26)25(17)20)13(2)31-32(4,5)6/h7-9,11,13,17,19H,1,10,12H2,2-6H3/t13-,17-,19-/m1/s1. The first-order valence-corrected chi connectivity index (χ1v) is 14.1. The maximum absolute atomic E-state index is 13.1. The quantitative estimate of drug-likeness (QED) is 0.275. The molecule has 0 N–H and O–H groups in total. The molecule has 1 fully saturated rings. The van der Waals surface area contributed by atoms with Crippen LogP contribution in [0.25, 0.3) is 16.7 Å². The molecule has 9 heteroatoms. The van der Waals surface area contributed by atoms with E-state index >= 15 is 0 Å². The van der Waals surface area contributed by atoms with Crippen LogP contribution in [0.4, 0.5) is 0 Å². The Hall–Kier alpha value is -2.91. The van der Waals surface area contributed by atoms with E-state index in [2.05, 4.69) is 26.2 Å². The number of oxazole rings is 1. The van der Waals surface area contributed by atoms with Crippen LogP contribution in [0, 0.1) is 5.92 Å². The Bertz CT molecular complexity index is 1200. The van der Waals surface area contributed by atoms with E-state index in [-0.39, 0.29) is 36.3 Å². The summed E-state index contributed by atoms with van der Waals surface area (Å²) in [5.41, 5.74) is 2.80. The van der Waals surface area contributed by atoms with E-state index in [9.17, 15) is 14.4 Å². The average molecular weight is 457 g/mol. The summed E-state index contributed by atoms with van der Waals surface area (Å²) < 4.78 is 18.1. The number of carbonyl (C=O) groups is 2. The lowest BCUT2D eigenvalue weighted by atomic mass is 9.82. The minimum atomic E-state index is -1.84. The molecule has 32 heavy (non-hydrogen) atoms. The smallest absolute Gasteiger partial charge is 0.419 e. The van der Waals surface area contributed by atoms with E-state index < -0.39 is 20.0 Å². The number of esters is 1. The van der Waals surface area contributed by atoms with Crippen LogP contribution in [0.2, 0.25) is 19.6 Å². The number of fused-ring (bicyclic) bond motifs is 2. The number of carbonyl (C=O) groups excluding carboxylic acids is 2.